The molecule has 2 fully saturated rings. The van der Waals surface area contributed by atoms with Gasteiger partial charge in [-0.25, -0.2) is 0 Å². The van der Waals surface area contributed by atoms with Gasteiger partial charge in [-0.2, -0.15) is 0 Å². The molecule has 2 saturated carbocycles. The molecule has 0 aromatic rings. The first-order chi connectivity index (χ1) is 8.62. The van der Waals surface area contributed by atoms with Gasteiger partial charge in [0.1, 0.15) is 5.54 Å². The third-order valence-electron chi connectivity index (χ3n) is 4.28. The Kier molecular flexibility index (Phi) is 4.28. The quantitative estimate of drug-likeness (QED) is 0.655. The van der Waals surface area contributed by atoms with Crippen LogP contribution in [-0.4, -0.2) is 47.7 Å². The van der Waals surface area contributed by atoms with Crippen LogP contribution in [0.2, 0.25) is 0 Å². The average molecular weight is 254 g/mol. The van der Waals surface area contributed by atoms with Gasteiger partial charge in [-0.3, -0.25) is 4.79 Å². The summed E-state index contributed by atoms with van der Waals surface area (Å²) >= 11 is 0. The number of nitrogens with zero attached hydrogens (tertiary/aromatic N) is 1. The van der Waals surface area contributed by atoms with Gasteiger partial charge in [0.15, 0.2) is 0 Å². The summed E-state index contributed by atoms with van der Waals surface area (Å²) in [5.74, 6) is 0.474. The van der Waals surface area contributed by atoms with Crippen LogP contribution in [0.5, 0.6) is 0 Å². The van der Waals surface area contributed by atoms with E-state index in [1.807, 2.05) is 6.92 Å². The van der Waals surface area contributed by atoms with Gasteiger partial charge in [0.25, 0.3) is 0 Å². The molecule has 0 spiro atoms. The molecule has 0 aromatic heterocycles. The summed E-state index contributed by atoms with van der Waals surface area (Å²) < 4.78 is 0. The second-order valence-electron chi connectivity index (χ2n) is 5.85. The van der Waals surface area contributed by atoms with Gasteiger partial charge in [-0.1, -0.05) is 13.8 Å². The van der Waals surface area contributed by atoms with E-state index in [-0.39, 0.29) is 0 Å². The Morgan fingerprint density at radius 3 is 2.39 bits per heavy atom. The summed E-state index contributed by atoms with van der Waals surface area (Å²) in [7, 11) is 0. The lowest BCUT2D eigenvalue weighted by Gasteiger charge is -2.35. The fraction of sp³-hybridized carbons (Fsp3) is 0.929. The highest BCUT2D eigenvalue weighted by molar-refractivity contribution is 5.80. The van der Waals surface area contributed by atoms with Gasteiger partial charge < -0.3 is 15.3 Å². The Morgan fingerprint density at radius 1 is 1.33 bits per heavy atom. The van der Waals surface area contributed by atoms with Crippen molar-refractivity contribution in [3.05, 3.63) is 0 Å². The van der Waals surface area contributed by atoms with Crippen LogP contribution in [-0.2, 0) is 4.79 Å². The minimum Gasteiger partial charge on any atom is -0.480 e. The van der Waals surface area contributed by atoms with Crippen LogP contribution in [0.1, 0.15) is 39.5 Å². The number of rotatable bonds is 9. The number of carboxylic acids is 1. The van der Waals surface area contributed by atoms with Gasteiger partial charge in [-0.05, 0) is 50.6 Å². The van der Waals surface area contributed by atoms with E-state index in [2.05, 4.69) is 17.1 Å². The highest BCUT2D eigenvalue weighted by atomic mass is 16.4. The lowest BCUT2D eigenvalue weighted by molar-refractivity contribution is -0.147. The van der Waals surface area contributed by atoms with E-state index in [0.29, 0.717) is 12.5 Å². The number of carboxylic acid groups (broad SMARTS) is 1. The molecule has 0 saturated heterocycles. The van der Waals surface area contributed by atoms with Crippen molar-refractivity contribution in [3.8, 4) is 0 Å². The van der Waals surface area contributed by atoms with Crippen LogP contribution in [0.3, 0.4) is 0 Å². The number of likely N-dealkylation sites (N-methyl/N-ethyl adjacent to an activating group) is 2. The second-order valence-corrected chi connectivity index (χ2v) is 5.85. The largest absolute Gasteiger partial charge is 0.480 e. The minimum atomic E-state index is -0.709. The van der Waals surface area contributed by atoms with E-state index in [1.54, 1.807) is 0 Å². The molecule has 2 aliphatic carbocycles. The first-order valence-electron chi connectivity index (χ1n) is 7.33. The summed E-state index contributed by atoms with van der Waals surface area (Å²) in [5, 5.41) is 12.9. The van der Waals surface area contributed by atoms with E-state index in [9.17, 15) is 9.90 Å². The van der Waals surface area contributed by atoms with Crippen LogP contribution < -0.4 is 5.32 Å². The smallest absolute Gasteiger partial charge is 0.325 e. The number of hydrogen-bond acceptors (Lipinski definition) is 3. The van der Waals surface area contributed by atoms with Gasteiger partial charge >= 0.3 is 5.97 Å². The van der Waals surface area contributed by atoms with Crippen molar-refractivity contribution in [1.82, 2.24) is 10.2 Å². The van der Waals surface area contributed by atoms with Crippen molar-refractivity contribution in [2.45, 2.75) is 45.1 Å². The van der Waals surface area contributed by atoms with Crippen LogP contribution >= 0.6 is 0 Å². The van der Waals surface area contributed by atoms with Crippen LogP contribution in [0.15, 0.2) is 0 Å². The molecule has 104 valence electrons. The fourth-order valence-corrected chi connectivity index (χ4v) is 2.86. The van der Waals surface area contributed by atoms with Gasteiger partial charge in [0, 0.05) is 13.1 Å². The topological polar surface area (TPSA) is 52.6 Å². The molecule has 0 aliphatic heterocycles. The molecular weight excluding hydrogens is 228 g/mol. The molecule has 0 aromatic carbocycles. The molecule has 2 N–H and O–H groups in total. The highest BCUT2D eigenvalue weighted by Gasteiger charge is 2.51. The molecular formula is C14H26N2O2. The third-order valence-corrected chi connectivity index (χ3v) is 4.28. The van der Waals surface area contributed by atoms with Crippen LogP contribution in [0.25, 0.3) is 0 Å². The molecule has 0 radical (unpaired) electrons. The van der Waals surface area contributed by atoms with Crippen LogP contribution in [0, 0.1) is 11.8 Å². The maximum absolute atomic E-state index is 11.8. The van der Waals surface area contributed by atoms with Crippen molar-refractivity contribution >= 4 is 5.97 Å². The molecule has 0 heterocycles. The Hall–Kier alpha value is -0.610. The molecule has 4 heteroatoms. The zero-order valence-corrected chi connectivity index (χ0v) is 11.6. The average Bonchev–Trinajstić information content (AvgIpc) is 3.18. The maximum atomic E-state index is 11.8. The Morgan fingerprint density at radius 2 is 2.00 bits per heavy atom. The lowest BCUT2D eigenvalue weighted by atomic mass is 9.92. The summed E-state index contributed by atoms with van der Waals surface area (Å²) in [5.41, 5.74) is -0.709. The number of nitrogens with one attached hydrogen (secondary N) is 1. The van der Waals surface area contributed by atoms with Crippen molar-refractivity contribution in [1.29, 1.82) is 0 Å². The Bertz CT molecular complexity index is 300. The molecule has 18 heavy (non-hydrogen) atoms. The summed E-state index contributed by atoms with van der Waals surface area (Å²) in [6.07, 6.45) is 4.75. The summed E-state index contributed by atoms with van der Waals surface area (Å²) in [6.45, 7) is 7.54. The molecule has 1 unspecified atom stereocenters. The molecule has 1 atom stereocenters. The normalized spacial score (nSPS) is 23.1. The van der Waals surface area contributed by atoms with E-state index in [1.165, 1.54) is 12.8 Å². The molecule has 2 rings (SSSR count). The fourth-order valence-electron chi connectivity index (χ4n) is 2.86. The third kappa shape index (κ3) is 3.04. The van der Waals surface area contributed by atoms with Gasteiger partial charge in [0.2, 0.25) is 0 Å². The van der Waals surface area contributed by atoms with Crippen molar-refractivity contribution in [2.75, 3.05) is 26.2 Å². The van der Waals surface area contributed by atoms with E-state index >= 15 is 0 Å². The molecule has 0 bridgehead atoms. The molecule has 2 aliphatic rings. The van der Waals surface area contributed by atoms with E-state index < -0.39 is 11.5 Å². The van der Waals surface area contributed by atoms with Crippen molar-refractivity contribution in [2.24, 2.45) is 11.8 Å². The highest BCUT2D eigenvalue weighted by Crippen LogP contribution is 2.41. The predicted octanol–water partition coefficient (Wildman–Crippen LogP) is 1.56. The summed E-state index contributed by atoms with van der Waals surface area (Å²) in [6, 6.07) is 0. The van der Waals surface area contributed by atoms with E-state index in [0.717, 1.165) is 38.4 Å². The number of aliphatic carboxylic acids is 1. The lowest BCUT2D eigenvalue weighted by Crippen LogP contribution is -2.61. The molecule has 0 amide bonds. The summed E-state index contributed by atoms with van der Waals surface area (Å²) in [4.78, 5) is 14.1. The number of carbonyl (C=O) groups is 1. The van der Waals surface area contributed by atoms with Gasteiger partial charge in [-0.15, -0.1) is 0 Å². The maximum Gasteiger partial charge on any atom is 0.325 e. The molecule has 4 nitrogen and oxygen atoms in total. The van der Waals surface area contributed by atoms with Crippen LogP contribution in [0.4, 0.5) is 0 Å². The zero-order chi connectivity index (χ0) is 13.2. The monoisotopic (exact) mass is 254 g/mol. The number of hydrogen-bond donors (Lipinski definition) is 2. The van der Waals surface area contributed by atoms with Crippen molar-refractivity contribution < 1.29 is 9.90 Å². The van der Waals surface area contributed by atoms with E-state index in [4.69, 9.17) is 0 Å². The second kappa shape index (κ2) is 5.57. The predicted molar refractivity (Wildman–Crippen MR) is 71.6 cm³/mol. The van der Waals surface area contributed by atoms with Crippen molar-refractivity contribution in [3.63, 3.8) is 0 Å². The SMILES string of the molecule is CCNC(CN(CC)CC1CC1)(C(=O)O)C1CC1. The standard InChI is InChI=1S/C14H26N2O2/c1-3-15-14(13(17)18,12-7-8-12)10-16(4-2)9-11-5-6-11/h11-12,15H,3-10H2,1-2H3,(H,17,18). The minimum absolute atomic E-state index is 0.322. The zero-order valence-electron chi connectivity index (χ0n) is 11.6. The first kappa shape index (κ1) is 13.8. The first-order valence-corrected chi connectivity index (χ1v) is 7.33. The Balaban J connectivity index is 2.03. The van der Waals surface area contributed by atoms with Gasteiger partial charge in [0.05, 0.1) is 0 Å². The Labute approximate surface area is 110 Å².